The summed E-state index contributed by atoms with van der Waals surface area (Å²) in [6.45, 7) is 3.19. The third-order valence-corrected chi connectivity index (χ3v) is 2.00. The summed E-state index contributed by atoms with van der Waals surface area (Å²) in [7, 11) is 0. The molecule has 12 heavy (non-hydrogen) atoms. The van der Waals surface area contributed by atoms with Gasteiger partial charge in [0.2, 0.25) is 0 Å². The Labute approximate surface area is 72.1 Å². The molecule has 0 aromatic carbocycles. The van der Waals surface area contributed by atoms with Gasteiger partial charge in [0.05, 0.1) is 19.8 Å². The number of alkyl halides is 1. The Balaban J connectivity index is 1.93. The van der Waals surface area contributed by atoms with Crippen LogP contribution in [0.5, 0.6) is 0 Å². The summed E-state index contributed by atoms with van der Waals surface area (Å²) < 4.78 is 17.7. The molecule has 1 rings (SSSR count). The maximum Gasteiger partial charge on any atom is 0.114 e. The highest BCUT2D eigenvalue weighted by Gasteiger charge is 2.20. The van der Waals surface area contributed by atoms with Crippen LogP contribution in [0, 0.1) is 0 Å². The zero-order valence-electron chi connectivity index (χ0n) is 7.21. The Morgan fingerprint density at radius 1 is 1.50 bits per heavy atom. The van der Waals surface area contributed by atoms with E-state index in [1.807, 2.05) is 4.90 Å². The van der Waals surface area contributed by atoms with Gasteiger partial charge in [0.25, 0.3) is 0 Å². The van der Waals surface area contributed by atoms with Crippen LogP contribution in [0.1, 0.15) is 6.42 Å². The summed E-state index contributed by atoms with van der Waals surface area (Å²) >= 11 is 0. The zero-order chi connectivity index (χ0) is 8.81. The van der Waals surface area contributed by atoms with Gasteiger partial charge < -0.3 is 9.84 Å². The van der Waals surface area contributed by atoms with Crippen LogP contribution in [-0.2, 0) is 4.74 Å². The first-order chi connectivity index (χ1) is 5.83. The molecule has 0 saturated carbocycles. The molecule has 1 atom stereocenters. The van der Waals surface area contributed by atoms with E-state index >= 15 is 0 Å². The molecule has 1 aliphatic rings. The minimum Gasteiger partial charge on any atom is -0.394 e. The highest BCUT2D eigenvalue weighted by Crippen LogP contribution is 2.10. The summed E-state index contributed by atoms with van der Waals surface area (Å²) in [6.07, 6.45) is 0.00263. The lowest BCUT2D eigenvalue weighted by molar-refractivity contribution is 0.0770. The number of aliphatic hydroxyl groups excluding tert-OH is 1. The maximum absolute atomic E-state index is 12.6. The molecule has 1 saturated heterocycles. The Morgan fingerprint density at radius 2 is 2.33 bits per heavy atom. The van der Waals surface area contributed by atoms with Gasteiger partial charge in [-0.05, 0) is 6.42 Å². The first-order valence-corrected chi connectivity index (χ1v) is 4.38. The first-order valence-electron chi connectivity index (χ1n) is 4.38. The largest absolute Gasteiger partial charge is 0.394 e. The quantitative estimate of drug-likeness (QED) is 0.602. The van der Waals surface area contributed by atoms with Crippen molar-refractivity contribution in [2.24, 2.45) is 0 Å². The number of rotatable bonds is 5. The molecule has 0 aromatic heterocycles. The molecule has 0 radical (unpaired) electrons. The summed E-state index contributed by atoms with van der Waals surface area (Å²) in [5.41, 5.74) is 0. The molecule has 1 unspecified atom stereocenters. The van der Waals surface area contributed by atoms with Crippen molar-refractivity contribution in [2.45, 2.75) is 12.6 Å². The van der Waals surface area contributed by atoms with Crippen molar-refractivity contribution in [3.63, 3.8) is 0 Å². The van der Waals surface area contributed by atoms with Gasteiger partial charge in [-0.25, -0.2) is 4.39 Å². The summed E-state index contributed by atoms with van der Waals surface area (Å²) in [4.78, 5) is 2.04. The Bertz CT molecular complexity index is 124. The minimum atomic E-state index is -0.650. The van der Waals surface area contributed by atoms with Crippen LogP contribution < -0.4 is 0 Å². The van der Waals surface area contributed by atoms with Crippen molar-refractivity contribution in [2.75, 3.05) is 39.5 Å². The molecule has 1 heterocycles. The summed E-state index contributed by atoms with van der Waals surface area (Å²) in [5, 5.41) is 8.40. The normalized spacial score (nSPS) is 25.0. The summed E-state index contributed by atoms with van der Waals surface area (Å²) in [6, 6.07) is 0. The number of aliphatic hydroxyl groups is 1. The van der Waals surface area contributed by atoms with Crippen LogP contribution in [0.15, 0.2) is 0 Å². The molecule has 4 heteroatoms. The van der Waals surface area contributed by atoms with Crippen LogP contribution in [0.2, 0.25) is 0 Å². The van der Waals surface area contributed by atoms with Gasteiger partial charge in [0.1, 0.15) is 6.17 Å². The fraction of sp³-hybridized carbons (Fsp3) is 1.00. The maximum atomic E-state index is 12.6. The molecule has 1 fully saturated rings. The highest BCUT2D eigenvalue weighted by atomic mass is 19.1. The van der Waals surface area contributed by atoms with E-state index in [2.05, 4.69) is 0 Å². The van der Waals surface area contributed by atoms with Gasteiger partial charge in [-0.1, -0.05) is 0 Å². The van der Waals surface area contributed by atoms with E-state index in [1.165, 1.54) is 0 Å². The average Bonchev–Trinajstić information content (AvgIpc) is 2.45. The van der Waals surface area contributed by atoms with Gasteiger partial charge in [-0.2, -0.15) is 0 Å². The third-order valence-electron chi connectivity index (χ3n) is 2.00. The van der Waals surface area contributed by atoms with Crippen LogP contribution in [0.25, 0.3) is 0 Å². The van der Waals surface area contributed by atoms with Crippen molar-refractivity contribution in [1.82, 2.24) is 4.90 Å². The van der Waals surface area contributed by atoms with Gasteiger partial charge in [0, 0.05) is 19.6 Å². The molecule has 0 spiro atoms. The second-order valence-corrected chi connectivity index (χ2v) is 3.02. The van der Waals surface area contributed by atoms with Crippen molar-refractivity contribution in [3.8, 4) is 0 Å². The Morgan fingerprint density at radius 3 is 2.92 bits per heavy atom. The van der Waals surface area contributed by atoms with Crippen LogP contribution in [-0.4, -0.2) is 55.6 Å². The Kier molecular flexibility index (Phi) is 4.50. The second kappa shape index (κ2) is 5.45. The van der Waals surface area contributed by atoms with Crippen molar-refractivity contribution < 1.29 is 14.2 Å². The molecule has 0 aliphatic carbocycles. The number of likely N-dealkylation sites (tertiary alicyclic amines) is 1. The molecule has 1 aliphatic heterocycles. The van der Waals surface area contributed by atoms with Gasteiger partial charge >= 0.3 is 0 Å². The van der Waals surface area contributed by atoms with Crippen molar-refractivity contribution in [1.29, 1.82) is 0 Å². The Hall–Kier alpha value is -0.190. The van der Waals surface area contributed by atoms with E-state index in [-0.39, 0.29) is 6.61 Å². The average molecular weight is 177 g/mol. The minimum absolute atomic E-state index is 0.0612. The predicted octanol–water partition coefficient (Wildman–Crippen LogP) is 0.0391. The molecule has 0 aromatic rings. The van der Waals surface area contributed by atoms with Gasteiger partial charge in [-0.15, -0.1) is 0 Å². The second-order valence-electron chi connectivity index (χ2n) is 3.02. The first kappa shape index (κ1) is 9.89. The fourth-order valence-corrected chi connectivity index (χ4v) is 1.35. The number of hydrogen-bond acceptors (Lipinski definition) is 3. The van der Waals surface area contributed by atoms with E-state index in [4.69, 9.17) is 9.84 Å². The van der Waals surface area contributed by atoms with E-state index < -0.39 is 6.17 Å². The standard InChI is InChI=1S/C8H16FNO2/c9-8-1-2-10(7-8)3-5-12-6-4-11/h8,11H,1-7H2. The van der Waals surface area contributed by atoms with Gasteiger partial charge in [-0.3, -0.25) is 4.90 Å². The molecule has 3 nitrogen and oxygen atoms in total. The summed E-state index contributed by atoms with van der Waals surface area (Å²) in [5.74, 6) is 0. The van der Waals surface area contributed by atoms with Gasteiger partial charge in [0.15, 0.2) is 0 Å². The molecule has 0 amide bonds. The smallest absolute Gasteiger partial charge is 0.114 e. The number of nitrogens with zero attached hydrogens (tertiary/aromatic N) is 1. The number of ether oxygens (including phenoxy) is 1. The van der Waals surface area contributed by atoms with Crippen molar-refractivity contribution >= 4 is 0 Å². The fourth-order valence-electron chi connectivity index (χ4n) is 1.35. The van der Waals surface area contributed by atoms with E-state index in [0.29, 0.717) is 26.2 Å². The predicted molar refractivity (Wildman–Crippen MR) is 43.9 cm³/mol. The lowest BCUT2D eigenvalue weighted by atomic mass is 10.3. The van der Waals surface area contributed by atoms with E-state index in [9.17, 15) is 4.39 Å². The van der Waals surface area contributed by atoms with Crippen LogP contribution in [0.4, 0.5) is 4.39 Å². The van der Waals surface area contributed by atoms with E-state index in [0.717, 1.165) is 13.1 Å². The molecule has 0 bridgehead atoms. The third kappa shape index (κ3) is 3.47. The number of hydrogen-bond donors (Lipinski definition) is 1. The lowest BCUT2D eigenvalue weighted by Crippen LogP contribution is -2.25. The molecular formula is C8H16FNO2. The molecule has 72 valence electrons. The highest BCUT2D eigenvalue weighted by molar-refractivity contribution is 4.74. The van der Waals surface area contributed by atoms with Crippen LogP contribution >= 0.6 is 0 Å². The van der Waals surface area contributed by atoms with E-state index in [1.54, 1.807) is 0 Å². The van der Waals surface area contributed by atoms with Crippen molar-refractivity contribution in [3.05, 3.63) is 0 Å². The SMILES string of the molecule is OCCOCCN1CCC(F)C1. The topological polar surface area (TPSA) is 32.7 Å². The lowest BCUT2D eigenvalue weighted by Gasteiger charge is -2.13. The van der Waals surface area contributed by atoms with Crippen LogP contribution in [0.3, 0.4) is 0 Å². The number of halogens is 1. The zero-order valence-corrected chi connectivity index (χ0v) is 7.21. The monoisotopic (exact) mass is 177 g/mol. The molecule has 1 N–H and O–H groups in total. The molecular weight excluding hydrogens is 161 g/mol.